The predicted octanol–water partition coefficient (Wildman–Crippen LogP) is 3.10. The van der Waals surface area contributed by atoms with Gasteiger partial charge in [-0.25, -0.2) is 4.39 Å². The van der Waals surface area contributed by atoms with Crippen LogP contribution in [0.15, 0.2) is 35.7 Å². The number of rotatable bonds is 4. The topological polar surface area (TPSA) is 29.3 Å². The second kappa shape index (κ2) is 5.29. The lowest BCUT2D eigenvalue weighted by Crippen LogP contribution is -2.16. The van der Waals surface area contributed by atoms with Gasteiger partial charge in [0.25, 0.3) is 0 Å². The maximum Gasteiger partial charge on any atom is 0.125 e. The minimum Gasteiger partial charge on any atom is -0.399 e. The molecular weight excluding hydrogens is 235 g/mol. The van der Waals surface area contributed by atoms with Gasteiger partial charge in [0.15, 0.2) is 0 Å². The Bertz CT molecular complexity index is 462. The number of hydrogen-bond acceptors (Lipinski definition) is 3. The first kappa shape index (κ1) is 12.1. The van der Waals surface area contributed by atoms with E-state index in [4.69, 9.17) is 5.73 Å². The lowest BCUT2D eigenvalue weighted by atomic mass is 10.2. The molecule has 17 heavy (non-hydrogen) atoms. The minimum absolute atomic E-state index is 0.274. The van der Waals surface area contributed by atoms with Crippen molar-refractivity contribution in [3.8, 4) is 0 Å². The van der Waals surface area contributed by atoms with E-state index in [0.29, 0.717) is 12.2 Å². The molecule has 4 heteroatoms. The van der Waals surface area contributed by atoms with Gasteiger partial charge >= 0.3 is 0 Å². The second-order valence-electron chi connectivity index (χ2n) is 4.14. The van der Waals surface area contributed by atoms with Crippen molar-refractivity contribution in [3.63, 3.8) is 0 Å². The Hall–Kier alpha value is -1.39. The van der Waals surface area contributed by atoms with Crippen LogP contribution in [-0.4, -0.2) is 11.9 Å². The van der Waals surface area contributed by atoms with Crippen molar-refractivity contribution < 1.29 is 4.39 Å². The third kappa shape index (κ3) is 3.54. The Kier molecular flexibility index (Phi) is 3.76. The molecule has 2 nitrogen and oxygen atoms in total. The van der Waals surface area contributed by atoms with Crippen molar-refractivity contribution >= 4 is 17.0 Å². The summed E-state index contributed by atoms with van der Waals surface area (Å²) in [6, 6.07) is 8.81. The number of hydrogen-bond donors (Lipinski definition) is 1. The van der Waals surface area contributed by atoms with Crippen LogP contribution in [0.1, 0.15) is 10.4 Å². The number of nitrogens with two attached hydrogens (primary N) is 1. The van der Waals surface area contributed by atoms with E-state index in [2.05, 4.69) is 16.3 Å². The molecule has 0 fully saturated rings. The monoisotopic (exact) mass is 250 g/mol. The fraction of sp³-hybridized carbons (Fsp3) is 0.231. The lowest BCUT2D eigenvalue weighted by molar-refractivity contribution is 0.321. The molecule has 1 aromatic heterocycles. The molecule has 0 aliphatic heterocycles. The summed E-state index contributed by atoms with van der Waals surface area (Å²) < 4.78 is 13.2. The van der Waals surface area contributed by atoms with E-state index in [9.17, 15) is 4.39 Å². The summed E-state index contributed by atoms with van der Waals surface area (Å²) in [5, 5.41) is 2.06. The first-order valence-electron chi connectivity index (χ1n) is 5.39. The summed E-state index contributed by atoms with van der Waals surface area (Å²) >= 11 is 1.73. The van der Waals surface area contributed by atoms with Crippen molar-refractivity contribution in [2.45, 2.75) is 13.1 Å². The molecule has 2 N–H and O–H groups in total. The van der Waals surface area contributed by atoms with E-state index >= 15 is 0 Å². The molecule has 0 bridgehead atoms. The molecule has 1 heterocycles. The summed E-state index contributed by atoms with van der Waals surface area (Å²) in [4.78, 5) is 3.44. The summed E-state index contributed by atoms with van der Waals surface area (Å²) in [6.07, 6.45) is 0. The second-order valence-corrected chi connectivity index (χ2v) is 5.18. The highest BCUT2D eigenvalue weighted by Gasteiger charge is 2.04. The highest BCUT2D eigenvalue weighted by Crippen LogP contribution is 2.15. The Labute approximate surface area is 104 Å². The number of nitrogens with zero attached hydrogens (tertiary/aromatic N) is 1. The van der Waals surface area contributed by atoms with Gasteiger partial charge in [-0.1, -0.05) is 6.07 Å². The molecule has 0 saturated heterocycles. The standard InChI is InChI=1S/C13H15FN2S/c1-16(9-13-3-2-4-17-13)8-10-5-11(14)7-12(15)6-10/h2-7H,8-9,15H2,1H3. The third-order valence-corrected chi connectivity index (χ3v) is 3.30. The van der Waals surface area contributed by atoms with E-state index in [1.54, 1.807) is 11.3 Å². The molecule has 0 saturated carbocycles. The van der Waals surface area contributed by atoms with Gasteiger partial charge in [0, 0.05) is 23.7 Å². The molecule has 2 aromatic rings. The molecule has 0 radical (unpaired) electrons. The van der Waals surface area contributed by atoms with Crippen molar-refractivity contribution in [3.05, 3.63) is 52.0 Å². The van der Waals surface area contributed by atoms with E-state index in [1.807, 2.05) is 19.2 Å². The number of halogens is 1. The Balaban J connectivity index is 2.00. The highest BCUT2D eigenvalue weighted by atomic mass is 32.1. The maximum atomic E-state index is 13.2. The minimum atomic E-state index is -0.274. The molecule has 0 aliphatic carbocycles. The SMILES string of the molecule is CN(Cc1cc(N)cc(F)c1)Cc1cccs1. The van der Waals surface area contributed by atoms with Gasteiger partial charge in [-0.05, 0) is 42.3 Å². The summed E-state index contributed by atoms with van der Waals surface area (Å²) in [6.45, 7) is 1.56. The van der Waals surface area contributed by atoms with E-state index in [1.165, 1.54) is 17.0 Å². The van der Waals surface area contributed by atoms with Crippen molar-refractivity contribution in [2.75, 3.05) is 12.8 Å². The molecular formula is C13H15FN2S. The van der Waals surface area contributed by atoms with E-state index in [0.717, 1.165) is 12.1 Å². The van der Waals surface area contributed by atoms with Gasteiger partial charge in [0.05, 0.1) is 0 Å². The molecule has 90 valence electrons. The highest BCUT2D eigenvalue weighted by molar-refractivity contribution is 7.09. The van der Waals surface area contributed by atoms with Gasteiger partial charge in [-0.2, -0.15) is 0 Å². The Morgan fingerprint density at radius 2 is 2.12 bits per heavy atom. The Morgan fingerprint density at radius 1 is 1.29 bits per heavy atom. The third-order valence-electron chi connectivity index (χ3n) is 2.44. The van der Waals surface area contributed by atoms with Crippen LogP contribution in [0.3, 0.4) is 0 Å². The van der Waals surface area contributed by atoms with Gasteiger partial charge in [-0.15, -0.1) is 11.3 Å². The average molecular weight is 250 g/mol. The van der Waals surface area contributed by atoms with Gasteiger partial charge in [-0.3, -0.25) is 4.90 Å². The van der Waals surface area contributed by atoms with E-state index < -0.39 is 0 Å². The summed E-state index contributed by atoms with van der Waals surface area (Å²) in [5.74, 6) is -0.274. The van der Waals surface area contributed by atoms with Crippen molar-refractivity contribution in [2.24, 2.45) is 0 Å². The van der Waals surface area contributed by atoms with Gasteiger partial charge in [0.2, 0.25) is 0 Å². The summed E-state index contributed by atoms with van der Waals surface area (Å²) in [7, 11) is 2.01. The first-order chi connectivity index (χ1) is 8.13. The fourth-order valence-electron chi connectivity index (χ4n) is 1.80. The zero-order valence-corrected chi connectivity index (χ0v) is 10.5. The van der Waals surface area contributed by atoms with Gasteiger partial charge in [0.1, 0.15) is 5.82 Å². The van der Waals surface area contributed by atoms with Crippen LogP contribution in [0.2, 0.25) is 0 Å². The quantitative estimate of drug-likeness (QED) is 0.845. The van der Waals surface area contributed by atoms with Crippen LogP contribution >= 0.6 is 11.3 Å². The fourth-order valence-corrected chi connectivity index (χ4v) is 2.59. The maximum absolute atomic E-state index is 13.2. The Morgan fingerprint density at radius 3 is 2.76 bits per heavy atom. The number of thiophene rings is 1. The van der Waals surface area contributed by atoms with Crippen molar-refractivity contribution in [1.82, 2.24) is 4.90 Å². The van der Waals surface area contributed by atoms with Crippen LogP contribution in [0.4, 0.5) is 10.1 Å². The smallest absolute Gasteiger partial charge is 0.125 e. The summed E-state index contributed by atoms with van der Waals surface area (Å²) in [5.41, 5.74) is 7.00. The van der Waals surface area contributed by atoms with Gasteiger partial charge < -0.3 is 5.73 Å². The van der Waals surface area contributed by atoms with Crippen LogP contribution in [0.25, 0.3) is 0 Å². The molecule has 0 spiro atoms. The van der Waals surface area contributed by atoms with Crippen LogP contribution < -0.4 is 5.73 Å². The zero-order chi connectivity index (χ0) is 12.3. The normalized spacial score (nSPS) is 11.0. The van der Waals surface area contributed by atoms with E-state index in [-0.39, 0.29) is 5.82 Å². The number of nitrogen functional groups attached to an aromatic ring is 1. The van der Waals surface area contributed by atoms with Crippen LogP contribution in [0, 0.1) is 5.82 Å². The molecule has 2 rings (SSSR count). The van der Waals surface area contributed by atoms with Crippen molar-refractivity contribution in [1.29, 1.82) is 0 Å². The number of benzene rings is 1. The average Bonchev–Trinajstić information content (AvgIpc) is 2.67. The molecule has 1 aromatic carbocycles. The first-order valence-corrected chi connectivity index (χ1v) is 6.27. The predicted molar refractivity (Wildman–Crippen MR) is 70.3 cm³/mol. The number of anilines is 1. The largest absolute Gasteiger partial charge is 0.399 e. The molecule has 0 unspecified atom stereocenters. The molecule has 0 amide bonds. The van der Waals surface area contributed by atoms with Crippen LogP contribution in [0.5, 0.6) is 0 Å². The van der Waals surface area contributed by atoms with Crippen LogP contribution in [-0.2, 0) is 13.1 Å². The lowest BCUT2D eigenvalue weighted by Gasteiger charge is -2.16. The molecule has 0 aliphatic rings. The molecule has 0 atom stereocenters. The zero-order valence-electron chi connectivity index (χ0n) is 9.69.